The van der Waals surface area contributed by atoms with Crippen molar-refractivity contribution < 1.29 is 28.6 Å². The van der Waals surface area contributed by atoms with Crippen molar-refractivity contribution in [2.45, 2.75) is 232 Å². The molecule has 0 radical (unpaired) electrons. The van der Waals surface area contributed by atoms with Crippen LogP contribution in [0.1, 0.15) is 226 Å². The molecule has 0 aliphatic rings. The predicted molar refractivity (Wildman–Crippen MR) is 288 cm³/mol. The molecule has 0 aliphatic heterocycles. The molecule has 0 N–H and O–H groups in total. The summed E-state index contributed by atoms with van der Waals surface area (Å²) in [6.45, 7) is 6.34. The van der Waals surface area contributed by atoms with Crippen molar-refractivity contribution in [3.63, 3.8) is 0 Å². The minimum Gasteiger partial charge on any atom is -0.462 e. The lowest BCUT2D eigenvalue weighted by molar-refractivity contribution is -0.166. The fourth-order valence-electron chi connectivity index (χ4n) is 6.91. The predicted octanol–water partition coefficient (Wildman–Crippen LogP) is 18.1. The summed E-state index contributed by atoms with van der Waals surface area (Å²) in [5.74, 6) is -1.04. The Kier molecular flexibility index (Phi) is 51.0. The summed E-state index contributed by atoms with van der Waals surface area (Å²) in [6.07, 6.45) is 74.8. The van der Waals surface area contributed by atoms with E-state index >= 15 is 0 Å². The minimum absolute atomic E-state index is 0.120. The molecule has 0 aromatic rings. The van der Waals surface area contributed by atoms with E-state index in [4.69, 9.17) is 14.2 Å². The summed E-state index contributed by atoms with van der Waals surface area (Å²) in [6, 6.07) is 0. The highest BCUT2D eigenvalue weighted by atomic mass is 16.6. The smallest absolute Gasteiger partial charge is 0.306 e. The first-order valence-corrected chi connectivity index (χ1v) is 27.1. The Morgan fingerprint density at radius 1 is 0.328 bits per heavy atom. The second-order valence-electron chi connectivity index (χ2n) is 17.5. The maximum atomic E-state index is 12.8. The summed E-state index contributed by atoms with van der Waals surface area (Å²) in [5, 5.41) is 0. The van der Waals surface area contributed by atoms with Crippen LogP contribution < -0.4 is 0 Å². The fraction of sp³-hybridized carbons (Fsp3) is 0.623. The van der Waals surface area contributed by atoms with Gasteiger partial charge in [0.25, 0.3) is 0 Å². The highest BCUT2D eigenvalue weighted by molar-refractivity contribution is 5.71. The van der Waals surface area contributed by atoms with E-state index in [0.717, 1.165) is 89.9 Å². The summed E-state index contributed by atoms with van der Waals surface area (Å²) < 4.78 is 16.7. The van der Waals surface area contributed by atoms with E-state index in [-0.39, 0.29) is 37.5 Å². The molecule has 0 bridgehead atoms. The second kappa shape index (κ2) is 54.4. The number of unbranched alkanes of at least 4 members (excludes halogenated alkanes) is 18. The van der Waals surface area contributed by atoms with Gasteiger partial charge in [-0.2, -0.15) is 0 Å². The fourth-order valence-corrected chi connectivity index (χ4v) is 6.91. The van der Waals surface area contributed by atoms with Crippen LogP contribution in [0, 0.1) is 0 Å². The first kappa shape index (κ1) is 62.8. The molecule has 0 saturated heterocycles. The zero-order valence-corrected chi connectivity index (χ0v) is 43.1. The molecule has 0 aliphatic carbocycles. The van der Waals surface area contributed by atoms with Crippen LogP contribution in [0.3, 0.4) is 0 Å². The molecule has 0 amide bonds. The van der Waals surface area contributed by atoms with Gasteiger partial charge in [-0.05, 0) is 103 Å². The van der Waals surface area contributed by atoms with E-state index in [1.165, 1.54) is 89.9 Å². The van der Waals surface area contributed by atoms with Gasteiger partial charge in [-0.25, -0.2) is 0 Å². The summed E-state index contributed by atoms with van der Waals surface area (Å²) in [7, 11) is 0. The van der Waals surface area contributed by atoms with Crippen LogP contribution in [-0.4, -0.2) is 37.2 Å². The van der Waals surface area contributed by atoms with E-state index < -0.39 is 6.10 Å². The Morgan fingerprint density at radius 3 is 1.12 bits per heavy atom. The Balaban J connectivity index is 4.50. The zero-order valence-electron chi connectivity index (χ0n) is 43.1. The summed E-state index contributed by atoms with van der Waals surface area (Å²) in [4.78, 5) is 38.0. The molecule has 67 heavy (non-hydrogen) atoms. The molecule has 378 valence electrons. The molecule has 0 spiro atoms. The highest BCUT2D eigenvalue weighted by Crippen LogP contribution is 2.14. The third kappa shape index (κ3) is 52.6. The lowest BCUT2D eigenvalue weighted by atomic mass is 10.1. The molecule has 0 saturated carbocycles. The van der Waals surface area contributed by atoms with Gasteiger partial charge < -0.3 is 14.2 Å². The molecule has 0 rings (SSSR count). The van der Waals surface area contributed by atoms with E-state index in [1.807, 2.05) is 12.2 Å². The van der Waals surface area contributed by atoms with Gasteiger partial charge in [0.15, 0.2) is 6.10 Å². The summed E-state index contributed by atoms with van der Waals surface area (Å²) in [5.41, 5.74) is 0. The van der Waals surface area contributed by atoms with E-state index in [9.17, 15) is 14.4 Å². The average Bonchev–Trinajstić information content (AvgIpc) is 3.33. The molecular formula is C61H98O6. The number of carbonyl (C=O) groups is 3. The van der Waals surface area contributed by atoms with Gasteiger partial charge in [-0.3, -0.25) is 14.4 Å². The van der Waals surface area contributed by atoms with Crippen LogP contribution in [-0.2, 0) is 28.6 Å². The number of allylic oxidation sites excluding steroid dienone is 20. The van der Waals surface area contributed by atoms with E-state index in [1.54, 1.807) is 0 Å². The largest absolute Gasteiger partial charge is 0.462 e. The zero-order chi connectivity index (χ0) is 48.6. The van der Waals surface area contributed by atoms with Crippen molar-refractivity contribution in [3.05, 3.63) is 122 Å². The monoisotopic (exact) mass is 927 g/mol. The third-order valence-corrected chi connectivity index (χ3v) is 11.0. The van der Waals surface area contributed by atoms with E-state index in [0.29, 0.717) is 19.3 Å². The molecular weight excluding hydrogens is 829 g/mol. The van der Waals surface area contributed by atoms with Crippen LogP contribution >= 0.6 is 0 Å². The van der Waals surface area contributed by atoms with Gasteiger partial charge in [-0.1, -0.05) is 226 Å². The maximum absolute atomic E-state index is 12.8. The quantitative estimate of drug-likeness (QED) is 0.0199. The molecule has 1 unspecified atom stereocenters. The Hall–Kier alpha value is -4.19. The molecule has 0 aromatic carbocycles. The number of rotatable bonds is 47. The standard InChI is InChI=1S/C61H98O6/c1-4-7-10-13-16-19-22-24-26-28-30-32-34-36-39-42-45-48-51-54-60(63)66-57-58(56-65-59(62)53-50-47-44-41-38-21-18-15-12-9-6-3)67-61(64)55-52-49-46-43-40-37-35-33-31-29-27-25-23-20-17-14-11-8-5-2/h7,10,15-21,23-26,30,32,36,38-39,45,48,58H,4-6,8-9,11-14,22,27-29,31,33-35,37,40-44,46-47,49-57H2,1-3H3/b10-7-,18-15-,19-16-,20-17-,25-23-,26-24-,32-30-,38-21-,39-36-,48-45-. The minimum atomic E-state index is -0.824. The topological polar surface area (TPSA) is 78.9 Å². The van der Waals surface area contributed by atoms with Crippen molar-refractivity contribution in [3.8, 4) is 0 Å². The number of carbonyl (C=O) groups excluding carboxylic acids is 3. The second-order valence-corrected chi connectivity index (χ2v) is 17.5. The van der Waals surface area contributed by atoms with Crippen molar-refractivity contribution >= 4 is 17.9 Å². The molecule has 6 heteroatoms. The Morgan fingerprint density at radius 2 is 0.672 bits per heavy atom. The molecule has 0 fully saturated rings. The van der Waals surface area contributed by atoms with Crippen LogP contribution in [0.5, 0.6) is 0 Å². The Labute approximate surface area is 412 Å². The van der Waals surface area contributed by atoms with Crippen molar-refractivity contribution in [1.29, 1.82) is 0 Å². The normalized spacial score (nSPS) is 13.1. The van der Waals surface area contributed by atoms with Crippen molar-refractivity contribution in [2.75, 3.05) is 13.2 Å². The van der Waals surface area contributed by atoms with Crippen molar-refractivity contribution in [1.82, 2.24) is 0 Å². The van der Waals surface area contributed by atoms with Crippen LogP contribution in [0.25, 0.3) is 0 Å². The van der Waals surface area contributed by atoms with Gasteiger partial charge in [0.05, 0.1) is 0 Å². The van der Waals surface area contributed by atoms with Crippen LogP contribution in [0.4, 0.5) is 0 Å². The lowest BCUT2D eigenvalue weighted by Crippen LogP contribution is -2.30. The van der Waals surface area contributed by atoms with Gasteiger partial charge in [-0.15, -0.1) is 0 Å². The lowest BCUT2D eigenvalue weighted by Gasteiger charge is -2.18. The first-order chi connectivity index (χ1) is 33.0. The molecule has 0 heterocycles. The van der Waals surface area contributed by atoms with Crippen LogP contribution in [0.2, 0.25) is 0 Å². The van der Waals surface area contributed by atoms with Gasteiger partial charge in [0, 0.05) is 19.3 Å². The van der Waals surface area contributed by atoms with Crippen LogP contribution in [0.15, 0.2) is 122 Å². The van der Waals surface area contributed by atoms with Crippen molar-refractivity contribution in [2.24, 2.45) is 0 Å². The number of hydrogen-bond donors (Lipinski definition) is 0. The average molecular weight is 927 g/mol. The van der Waals surface area contributed by atoms with E-state index in [2.05, 4.69) is 130 Å². The SMILES string of the molecule is CC/C=C\C/C=C\C/C=C\C/C=C\C/C=C\C/C=C\CCC(=O)OCC(COC(=O)CCCCC/C=C\C=C/CCCC)OC(=O)CCCCCCCCCCCC/C=C\C=C/CCCCC. The molecule has 6 nitrogen and oxygen atoms in total. The van der Waals surface area contributed by atoms with Gasteiger partial charge in [0.1, 0.15) is 13.2 Å². The summed E-state index contributed by atoms with van der Waals surface area (Å²) >= 11 is 0. The number of esters is 3. The number of ether oxygens (including phenoxy) is 3. The maximum Gasteiger partial charge on any atom is 0.306 e. The van der Waals surface area contributed by atoms with Gasteiger partial charge in [0.2, 0.25) is 0 Å². The third-order valence-electron chi connectivity index (χ3n) is 11.0. The first-order valence-electron chi connectivity index (χ1n) is 27.1. The molecule has 1 atom stereocenters. The van der Waals surface area contributed by atoms with Gasteiger partial charge >= 0.3 is 17.9 Å². The number of hydrogen-bond acceptors (Lipinski definition) is 6. The molecule has 0 aromatic heterocycles. The highest BCUT2D eigenvalue weighted by Gasteiger charge is 2.19. The Bertz CT molecular complexity index is 1440.